The molecule has 2 aromatic heterocycles. The molecule has 1 fully saturated rings. The Kier molecular flexibility index (Phi) is 5.34. The number of ether oxygens (including phenoxy) is 1. The summed E-state index contributed by atoms with van der Waals surface area (Å²) >= 11 is 6.18. The topological polar surface area (TPSA) is 89.3 Å². The van der Waals surface area contributed by atoms with Crippen molar-refractivity contribution in [3.05, 3.63) is 23.1 Å². The lowest BCUT2D eigenvalue weighted by Gasteiger charge is -2.45. The molecule has 1 atom stereocenters. The fraction of sp³-hybridized carbons (Fsp3) is 0.650. The van der Waals surface area contributed by atoms with Crippen molar-refractivity contribution in [1.29, 1.82) is 0 Å². The van der Waals surface area contributed by atoms with Crippen molar-refractivity contribution in [3.63, 3.8) is 0 Å². The van der Waals surface area contributed by atoms with Crippen molar-refractivity contribution in [2.45, 2.75) is 71.6 Å². The molecule has 0 saturated carbocycles. The second kappa shape index (κ2) is 7.68. The number of carbonyl (C=O) groups is 1. The van der Waals surface area contributed by atoms with Gasteiger partial charge in [0.05, 0.1) is 12.2 Å². The van der Waals surface area contributed by atoms with Gasteiger partial charge in [0.1, 0.15) is 17.1 Å². The maximum Gasteiger partial charge on any atom is 0.410 e. The van der Waals surface area contributed by atoms with Crippen molar-refractivity contribution >= 4 is 23.5 Å². The molecule has 9 nitrogen and oxygen atoms in total. The number of hydrogen-bond donors (Lipinski definition) is 0. The highest BCUT2D eigenvalue weighted by atomic mass is 35.5. The molecule has 0 unspecified atom stereocenters. The molecule has 10 heteroatoms. The summed E-state index contributed by atoms with van der Waals surface area (Å²) in [5.41, 5.74) is 0.346. The van der Waals surface area contributed by atoms with Crippen molar-refractivity contribution in [2.75, 3.05) is 18.0 Å². The third kappa shape index (κ3) is 3.71. The maximum absolute atomic E-state index is 12.5. The fourth-order valence-electron chi connectivity index (χ4n) is 4.32. The van der Waals surface area contributed by atoms with Crippen LogP contribution in [0, 0.1) is 6.92 Å². The van der Waals surface area contributed by atoms with Crippen molar-refractivity contribution in [2.24, 2.45) is 0 Å². The number of hydrogen-bond acceptors (Lipinski definition) is 7. The number of rotatable bonds is 2. The van der Waals surface area contributed by atoms with E-state index in [1.807, 2.05) is 32.3 Å². The van der Waals surface area contributed by atoms with E-state index < -0.39 is 5.60 Å². The van der Waals surface area contributed by atoms with Gasteiger partial charge >= 0.3 is 6.09 Å². The van der Waals surface area contributed by atoms with E-state index in [9.17, 15) is 4.79 Å². The highest BCUT2D eigenvalue weighted by molar-refractivity contribution is 6.28. The number of piperidine rings is 1. The van der Waals surface area contributed by atoms with Gasteiger partial charge in [0, 0.05) is 19.1 Å². The van der Waals surface area contributed by atoms with E-state index in [1.54, 1.807) is 11.1 Å². The summed E-state index contributed by atoms with van der Waals surface area (Å²) in [4.78, 5) is 25.3. The Morgan fingerprint density at radius 2 is 1.97 bits per heavy atom. The van der Waals surface area contributed by atoms with Crippen LogP contribution in [0.25, 0.3) is 5.69 Å². The average Bonchev–Trinajstić information content (AvgIpc) is 3.07. The Morgan fingerprint density at radius 3 is 2.60 bits per heavy atom. The maximum atomic E-state index is 12.5. The van der Waals surface area contributed by atoms with E-state index in [4.69, 9.17) is 16.3 Å². The SMILES string of the molecule is CC[C@@H]1c2nnc(C)n2-c2cnc(Cl)nc2N1C1CCN(C(=O)OC(C)(C)C)CC1. The molecule has 2 aliphatic rings. The van der Waals surface area contributed by atoms with Crippen LogP contribution in [-0.4, -0.2) is 60.5 Å². The largest absolute Gasteiger partial charge is 0.444 e. The summed E-state index contributed by atoms with van der Waals surface area (Å²) in [6.45, 7) is 11.0. The molecule has 0 aromatic carbocycles. The van der Waals surface area contributed by atoms with E-state index >= 15 is 0 Å². The first-order valence-electron chi connectivity index (χ1n) is 10.4. The molecule has 0 bridgehead atoms. The number of anilines is 1. The van der Waals surface area contributed by atoms with Gasteiger partial charge < -0.3 is 14.5 Å². The molecule has 0 spiro atoms. The molecular formula is C20H28ClN7O2. The molecule has 1 amide bonds. The van der Waals surface area contributed by atoms with Gasteiger partial charge in [-0.3, -0.25) is 4.57 Å². The van der Waals surface area contributed by atoms with Crippen LogP contribution in [0.1, 0.15) is 64.6 Å². The summed E-state index contributed by atoms with van der Waals surface area (Å²) in [7, 11) is 0. The van der Waals surface area contributed by atoms with Crippen LogP contribution < -0.4 is 4.90 Å². The molecule has 0 radical (unpaired) electrons. The number of halogens is 1. The molecule has 4 rings (SSSR count). The molecule has 1 saturated heterocycles. The minimum absolute atomic E-state index is 0.0303. The predicted octanol–water partition coefficient (Wildman–Crippen LogP) is 3.69. The van der Waals surface area contributed by atoms with Crippen molar-refractivity contribution in [3.8, 4) is 5.69 Å². The second-order valence-electron chi connectivity index (χ2n) is 8.82. The summed E-state index contributed by atoms with van der Waals surface area (Å²) < 4.78 is 7.56. The Hall–Kier alpha value is -2.42. The monoisotopic (exact) mass is 433 g/mol. The van der Waals surface area contributed by atoms with E-state index in [0.29, 0.717) is 13.1 Å². The van der Waals surface area contributed by atoms with Gasteiger partial charge in [0.15, 0.2) is 11.6 Å². The Balaban J connectivity index is 1.62. The van der Waals surface area contributed by atoms with Gasteiger partial charge in [0.25, 0.3) is 0 Å². The number of aryl methyl sites for hydroxylation is 1. The first-order valence-corrected chi connectivity index (χ1v) is 10.8. The minimum Gasteiger partial charge on any atom is -0.444 e. The van der Waals surface area contributed by atoms with Crippen molar-refractivity contribution in [1.82, 2.24) is 29.6 Å². The number of nitrogens with zero attached hydrogens (tertiary/aromatic N) is 7. The first-order chi connectivity index (χ1) is 14.2. The molecule has 0 aliphatic carbocycles. The molecule has 2 aromatic rings. The zero-order valence-electron chi connectivity index (χ0n) is 18.1. The fourth-order valence-corrected chi connectivity index (χ4v) is 4.45. The molecule has 162 valence electrons. The minimum atomic E-state index is -0.497. The van der Waals surface area contributed by atoms with E-state index in [2.05, 4.69) is 32.0 Å². The number of fused-ring (bicyclic) bond motifs is 3. The van der Waals surface area contributed by atoms with Crippen LogP contribution in [-0.2, 0) is 4.74 Å². The number of carbonyl (C=O) groups excluding carboxylic acids is 1. The second-order valence-corrected chi connectivity index (χ2v) is 9.16. The van der Waals surface area contributed by atoms with Gasteiger partial charge in [-0.05, 0) is 58.6 Å². The van der Waals surface area contributed by atoms with Gasteiger partial charge in [-0.2, -0.15) is 4.98 Å². The Bertz CT molecular complexity index is 947. The van der Waals surface area contributed by atoms with Crippen LogP contribution in [0.15, 0.2) is 6.20 Å². The van der Waals surface area contributed by atoms with Gasteiger partial charge in [0.2, 0.25) is 5.28 Å². The molecule has 30 heavy (non-hydrogen) atoms. The lowest BCUT2D eigenvalue weighted by molar-refractivity contribution is 0.0202. The zero-order valence-corrected chi connectivity index (χ0v) is 18.8. The van der Waals surface area contributed by atoms with Crippen LogP contribution in [0.5, 0.6) is 0 Å². The van der Waals surface area contributed by atoms with Crippen LogP contribution in [0.4, 0.5) is 10.6 Å². The lowest BCUT2D eigenvalue weighted by atomic mass is 9.98. The van der Waals surface area contributed by atoms with E-state index in [1.165, 1.54) is 0 Å². The Morgan fingerprint density at radius 1 is 1.27 bits per heavy atom. The Labute approximate surface area is 181 Å². The van der Waals surface area contributed by atoms with E-state index in [0.717, 1.165) is 42.4 Å². The highest BCUT2D eigenvalue weighted by Gasteiger charge is 2.40. The molecular weight excluding hydrogens is 406 g/mol. The van der Waals surface area contributed by atoms with E-state index in [-0.39, 0.29) is 23.5 Å². The average molecular weight is 434 g/mol. The van der Waals surface area contributed by atoms with Crippen LogP contribution >= 0.6 is 11.6 Å². The summed E-state index contributed by atoms with van der Waals surface area (Å²) in [6, 6.07) is 0.229. The summed E-state index contributed by atoms with van der Waals surface area (Å²) in [5, 5.41) is 8.97. The molecule has 2 aliphatic heterocycles. The highest BCUT2D eigenvalue weighted by Crippen LogP contribution is 2.42. The number of aromatic nitrogens is 5. The standard InChI is InChI=1S/C20H28ClN7O2/c1-6-14-17-25-24-12(2)27(17)15-11-22-18(21)23-16(15)28(14)13-7-9-26(10-8-13)19(29)30-20(3,4)5/h11,13-14H,6-10H2,1-5H3/t14-/m1/s1. The summed E-state index contributed by atoms with van der Waals surface area (Å²) in [6.07, 6.45) is 3.95. The quantitative estimate of drug-likeness (QED) is 0.667. The smallest absolute Gasteiger partial charge is 0.410 e. The number of amides is 1. The first kappa shape index (κ1) is 20.8. The van der Waals surface area contributed by atoms with Gasteiger partial charge in [-0.15, -0.1) is 10.2 Å². The molecule has 0 N–H and O–H groups in total. The van der Waals surface area contributed by atoms with Gasteiger partial charge in [-0.25, -0.2) is 9.78 Å². The van der Waals surface area contributed by atoms with Crippen LogP contribution in [0.2, 0.25) is 5.28 Å². The summed E-state index contributed by atoms with van der Waals surface area (Å²) in [5.74, 6) is 2.49. The van der Waals surface area contributed by atoms with Crippen LogP contribution in [0.3, 0.4) is 0 Å². The lowest BCUT2D eigenvalue weighted by Crippen LogP contribution is -2.50. The molecule has 4 heterocycles. The third-order valence-corrected chi connectivity index (χ3v) is 5.77. The zero-order chi connectivity index (χ0) is 21.6. The predicted molar refractivity (Wildman–Crippen MR) is 113 cm³/mol. The van der Waals surface area contributed by atoms with Crippen molar-refractivity contribution < 1.29 is 9.53 Å². The third-order valence-electron chi connectivity index (χ3n) is 5.59. The number of likely N-dealkylation sites (tertiary alicyclic amines) is 1. The van der Waals surface area contributed by atoms with Gasteiger partial charge in [-0.1, -0.05) is 6.92 Å². The normalized spacial score (nSPS) is 19.5.